The van der Waals surface area contributed by atoms with Gasteiger partial charge in [0.05, 0.1) is 11.5 Å². The van der Waals surface area contributed by atoms with E-state index in [0.717, 1.165) is 5.56 Å². The predicted octanol–water partition coefficient (Wildman–Crippen LogP) is 2.17. The lowest BCUT2D eigenvalue weighted by molar-refractivity contribution is -0.384. The molecule has 1 amide bonds. The van der Waals surface area contributed by atoms with Crippen molar-refractivity contribution in [3.8, 4) is 0 Å². The molecule has 0 fully saturated rings. The number of nitro benzene ring substituents is 1. The number of nitro groups is 1. The zero-order valence-electron chi connectivity index (χ0n) is 15.7. The number of benzene rings is 1. The summed E-state index contributed by atoms with van der Waals surface area (Å²) in [7, 11) is 0. The van der Waals surface area contributed by atoms with Crippen molar-refractivity contribution in [3.63, 3.8) is 0 Å². The molecular weight excluding hydrogens is 338 g/mol. The molecule has 0 aromatic heterocycles. The minimum Gasteiger partial charge on any atom is -0.444 e. The number of hydrogen-bond acceptors (Lipinski definition) is 5. The third-order valence-electron chi connectivity index (χ3n) is 3.00. The van der Waals surface area contributed by atoms with Gasteiger partial charge in [-0.05, 0) is 33.3 Å². The summed E-state index contributed by atoms with van der Waals surface area (Å²) in [5.41, 5.74) is 0.384. The van der Waals surface area contributed by atoms with Gasteiger partial charge in [0.2, 0.25) is 0 Å². The van der Waals surface area contributed by atoms with Gasteiger partial charge in [-0.1, -0.05) is 12.1 Å². The quantitative estimate of drug-likeness (QED) is 0.224. The molecule has 9 nitrogen and oxygen atoms in total. The lowest BCUT2D eigenvalue weighted by Gasteiger charge is -2.19. The van der Waals surface area contributed by atoms with E-state index in [4.69, 9.17) is 4.74 Å². The summed E-state index contributed by atoms with van der Waals surface area (Å²) >= 11 is 0. The van der Waals surface area contributed by atoms with Crippen molar-refractivity contribution >= 4 is 17.7 Å². The third kappa shape index (κ3) is 8.86. The van der Waals surface area contributed by atoms with Gasteiger partial charge < -0.3 is 20.7 Å². The molecule has 26 heavy (non-hydrogen) atoms. The molecular formula is C17H27N5O4. The van der Waals surface area contributed by atoms with E-state index >= 15 is 0 Å². The van der Waals surface area contributed by atoms with Crippen molar-refractivity contribution in [3.05, 3.63) is 39.9 Å². The van der Waals surface area contributed by atoms with E-state index in [-0.39, 0.29) is 5.69 Å². The predicted molar refractivity (Wildman–Crippen MR) is 100 cm³/mol. The molecule has 9 heteroatoms. The van der Waals surface area contributed by atoms with Crippen LogP contribution in [0.15, 0.2) is 29.3 Å². The third-order valence-corrected chi connectivity index (χ3v) is 3.00. The molecule has 0 aliphatic rings. The Labute approximate surface area is 153 Å². The highest BCUT2D eigenvalue weighted by molar-refractivity contribution is 5.79. The fourth-order valence-corrected chi connectivity index (χ4v) is 1.89. The number of carbonyl (C=O) groups excluding carboxylic acids is 1. The summed E-state index contributed by atoms with van der Waals surface area (Å²) < 4.78 is 5.15. The van der Waals surface area contributed by atoms with Crippen molar-refractivity contribution in [1.82, 2.24) is 16.0 Å². The van der Waals surface area contributed by atoms with Crippen LogP contribution in [-0.4, -0.2) is 42.2 Å². The lowest BCUT2D eigenvalue weighted by atomic mass is 10.2. The Morgan fingerprint density at radius 3 is 2.31 bits per heavy atom. The molecule has 0 aliphatic heterocycles. The molecule has 144 valence electrons. The maximum atomic E-state index is 11.6. The molecule has 0 bridgehead atoms. The lowest BCUT2D eigenvalue weighted by Crippen LogP contribution is -2.42. The number of ether oxygens (including phenoxy) is 1. The Morgan fingerprint density at radius 2 is 1.77 bits per heavy atom. The maximum Gasteiger partial charge on any atom is 0.407 e. The van der Waals surface area contributed by atoms with Crippen LogP contribution < -0.4 is 16.0 Å². The van der Waals surface area contributed by atoms with E-state index < -0.39 is 16.6 Å². The molecule has 0 aliphatic carbocycles. The molecule has 1 rings (SSSR count). The smallest absolute Gasteiger partial charge is 0.407 e. The Morgan fingerprint density at radius 1 is 1.15 bits per heavy atom. The SMILES string of the molecule is CCNC(=NCc1ccc([N+](=O)[O-])cc1)NCCNC(=O)OC(C)(C)C. The highest BCUT2D eigenvalue weighted by atomic mass is 16.6. The molecule has 3 N–H and O–H groups in total. The van der Waals surface area contributed by atoms with Gasteiger partial charge >= 0.3 is 6.09 Å². The van der Waals surface area contributed by atoms with E-state index in [1.165, 1.54) is 12.1 Å². The Balaban J connectivity index is 2.46. The Hall–Kier alpha value is -2.84. The summed E-state index contributed by atoms with van der Waals surface area (Å²) in [4.78, 5) is 26.2. The number of nitrogens with one attached hydrogen (secondary N) is 3. The first-order valence-electron chi connectivity index (χ1n) is 8.43. The summed E-state index contributed by atoms with van der Waals surface area (Å²) in [6, 6.07) is 6.26. The average Bonchev–Trinajstić information content (AvgIpc) is 2.55. The van der Waals surface area contributed by atoms with Crippen LogP contribution >= 0.6 is 0 Å². The van der Waals surface area contributed by atoms with E-state index in [1.807, 2.05) is 6.92 Å². The first kappa shape index (κ1) is 21.2. The van der Waals surface area contributed by atoms with Crippen LogP contribution in [0, 0.1) is 10.1 Å². The molecule has 0 radical (unpaired) electrons. The molecule has 0 heterocycles. The number of hydrogen-bond donors (Lipinski definition) is 3. The van der Waals surface area contributed by atoms with Gasteiger partial charge in [-0.2, -0.15) is 0 Å². The topological polar surface area (TPSA) is 118 Å². The standard InChI is InChI=1S/C17H27N5O4/c1-5-18-15(19-10-11-20-16(23)26-17(2,3)4)21-12-13-6-8-14(9-7-13)22(24)25/h6-9H,5,10-12H2,1-4H3,(H,20,23)(H2,18,19,21). The number of amides is 1. The van der Waals surface area contributed by atoms with Crippen LogP contribution in [-0.2, 0) is 11.3 Å². The van der Waals surface area contributed by atoms with Crippen LogP contribution in [0.4, 0.5) is 10.5 Å². The normalized spacial score (nSPS) is 11.6. The highest BCUT2D eigenvalue weighted by Gasteiger charge is 2.15. The van der Waals surface area contributed by atoms with Gasteiger partial charge in [-0.25, -0.2) is 9.79 Å². The van der Waals surface area contributed by atoms with Crippen LogP contribution in [0.25, 0.3) is 0 Å². The van der Waals surface area contributed by atoms with Gasteiger partial charge in [0.25, 0.3) is 5.69 Å². The summed E-state index contributed by atoms with van der Waals surface area (Å²) in [5.74, 6) is 0.594. The monoisotopic (exact) mass is 365 g/mol. The molecule has 0 atom stereocenters. The van der Waals surface area contributed by atoms with Crippen molar-refractivity contribution in [2.75, 3.05) is 19.6 Å². The van der Waals surface area contributed by atoms with Gasteiger partial charge in [-0.3, -0.25) is 10.1 Å². The summed E-state index contributed by atoms with van der Waals surface area (Å²) in [5, 5.41) is 19.5. The second-order valence-corrected chi connectivity index (χ2v) is 6.47. The number of aliphatic imine (C=N–C) groups is 1. The summed E-state index contributed by atoms with van der Waals surface area (Å²) in [6.07, 6.45) is -0.466. The fraction of sp³-hybridized carbons (Fsp3) is 0.529. The Bertz CT molecular complexity index is 623. The van der Waals surface area contributed by atoms with E-state index in [2.05, 4.69) is 20.9 Å². The number of rotatable bonds is 7. The number of guanidine groups is 1. The van der Waals surface area contributed by atoms with Gasteiger partial charge in [0.1, 0.15) is 5.60 Å². The minimum atomic E-state index is -0.529. The molecule has 0 saturated carbocycles. The van der Waals surface area contributed by atoms with E-state index in [0.29, 0.717) is 32.1 Å². The zero-order valence-corrected chi connectivity index (χ0v) is 15.7. The molecule has 0 unspecified atom stereocenters. The molecule has 0 saturated heterocycles. The average molecular weight is 365 g/mol. The number of alkyl carbamates (subject to hydrolysis) is 1. The first-order chi connectivity index (χ1) is 12.2. The second kappa shape index (κ2) is 10.2. The van der Waals surface area contributed by atoms with Crippen molar-refractivity contribution in [2.45, 2.75) is 39.8 Å². The first-order valence-corrected chi connectivity index (χ1v) is 8.43. The van der Waals surface area contributed by atoms with E-state index in [1.54, 1.807) is 32.9 Å². The van der Waals surface area contributed by atoms with Crippen molar-refractivity contribution in [2.24, 2.45) is 4.99 Å². The minimum absolute atomic E-state index is 0.0518. The van der Waals surface area contributed by atoms with Crippen LogP contribution in [0.2, 0.25) is 0 Å². The molecule has 1 aromatic carbocycles. The molecule has 1 aromatic rings. The Kier molecular flexibility index (Phi) is 8.33. The zero-order chi connectivity index (χ0) is 19.6. The van der Waals surface area contributed by atoms with E-state index in [9.17, 15) is 14.9 Å². The highest BCUT2D eigenvalue weighted by Crippen LogP contribution is 2.12. The van der Waals surface area contributed by atoms with Crippen molar-refractivity contribution < 1.29 is 14.5 Å². The van der Waals surface area contributed by atoms with Crippen LogP contribution in [0.5, 0.6) is 0 Å². The second-order valence-electron chi connectivity index (χ2n) is 6.47. The van der Waals surface area contributed by atoms with Crippen LogP contribution in [0.1, 0.15) is 33.3 Å². The summed E-state index contributed by atoms with van der Waals surface area (Å²) in [6.45, 7) is 9.29. The number of nitrogens with zero attached hydrogens (tertiary/aromatic N) is 2. The number of non-ortho nitro benzene ring substituents is 1. The fourth-order valence-electron chi connectivity index (χ4n) is 1.89. The number of carbonyl (C=O) groups is 1. The molecule has 0 spiro atoms. The van der Waals surface area contributed by atoms with Gasteiger partial charge in [0, 0.05) is 31.8 Å². The van der Waals surface area contributed by atoms with Crippen molar-refractivity contribution in [1.29, 1.82) is 0 Å². The largest absolute Gasteiger partial charge is 0.444 e. The maximum absolute atomic E-state index is 11.6. The van der Waals surface area contributed by atoms with Gasteiger partial charge in [-0.15, -0.1) is 0 Å². The van der Waals surface area contributed by atoms with Crippen LogP contribution in [0.3, 0.4) is 0 Å². The van der Waals surface area contributed by atoms with Gasteiger partial charge in [0.15, 0.2) is 5.96 Å².